The molecule has 2 amide bonds. The van der Waals surface area contributed by atoms with Crippen LogP contribution in [0, 0.1) is 12.8 Å². The van der Waals surface area contributed by atoms with Crippen LogP contribution in [0.5, 0.6) is 5.75 Å². The molecule has 1 N–H and O–H groups in total. The summed E-state index contributed by atoms with van der Waals surface area (Å²) in [7, 11) is 1.58. The number of methoxy groups -OCH3 is 1. The third-order valence-corrected chi connectivity index (χ3v) is 7.91. The minimum absolute atomic E-state index is 0.0717. The molecule has 0 saturated carbocycles. The van der Waals surface area contributed by atoms with Crippen molar-refractivity contribution in [1.82, 2.24) is 20.1 Å². The number of nitrogens with zero attached hydrogens (tertiary/aromatic N) is 3. The van der Waals surface area contributed by atoms with Crippen molar-refractivity contribution in [1.29, 1.82) is 0 Å². The van der Waals surface area contributed by atoms with Gasteiger partial charge in [0.25, 0.3) is 11.8 Å². The Morgan fingerprint density at radius 2 is 1.78 bits per heavy atom. The highest BCUT2D eigenvalue weighted by molar-refractivity contribution is 5.99. The summed E-state index contributed by atoms with van der Waals surface area (Å²) in [6, 6.07) is 11.5. The molecular weight excluding hydrogens is 527 g/mol. The van der Waals surface area contributed by atoms with Gasteiger partial charge in [-0.25, -0.2) is 4.39 Å². The molecule has 2 aliphatic heterocycles. The van der Waals surface area contributed by atoms with E-state index in [0.29, 0.717) is 56.8 Å². The lowest BCUT2D eigenvalue weighted by Crippen LogP contribution is -2.52. The van der Waals surface area contributed by atoms with Gasteiger partial charge in [-0.1, -0.05) is 0 Å². The number of alkyl halides is 1. The molecule has 2 aromatic heterocycles. The maximum atomic E-state index is 14.9. The first-order valence-corrected chi connectivity index (χ1v) is 14.0. The fourth-order valence-electron chi connectivity index (χ4n) is 5.52. The van der Waals surface area contributed by atoms with Crippen LogP contribution in [0.4, 0.5) is 4.39 Å². The van der Waals surface area contributed by atoms with Crippen LogP contribution in [-0.4, -0.2) is 77.9 Å². The largest absolute Gasteiger partial charge is 0.497 e. The summed E-state index contributed by atoms with van der Waals surface area (Å²) >= 11 is 0. The van der Waals surface area contributed by atoms with Crippen molar-refractivity contribution in [3.63, 3.8) is 0 Å². The summed E-state index contributed by atoms with van der Waals surface area (Å²) in [6.45, 7) is 4.26. The van der Waals surface area contributed by atoms with Crippen molar-refractivity contribution in [3.05, 3.63) is 83.1 Å². The zero-order valence-corrected chi connectivity index (χ0v) is 23.3. The zero-order chi connectivity index (χ0) is 28.9. The summed E-state index contributed by atoms with van der Waals surface area (Å²) in [4.78, 5) is 46.6. The van der Waals surface area contributed by atoms with Crippen LogP contribution in [0.1, 0.15) is 61.8 Å². The Morgan fingerprint density at radius 3 is 2.39 bits per heavy atom. The van der Waals surface area contributed by atoms with Gasteiger partial charge in [0.1, 0.15) is 23.4 Å². The van der Waals surface area contributed by atoms with Gasteiger partial charge in [-0.05, 0) is 68.7 Å². The van der Waals surface area contributed by atoms with Crippen LogP contribution in [0.3, 0.4) is 0 Å². The van der Waals surface area contributed by atoms with Gasteiger partial charge in [0.2, 0.25) is 0 Å². The molecule has 0 radical (unpaired) electrons. The number of halogens is 1. The number of piperidine rings is 2. The fraction of sp³-hybridized carbons (Fsp3) is 0.419. The molecule has 216 valence electrons. The first-order valence-electron chi connectivity index (χ1n) is 14.0. The minimum Gasteiger partial charge on any atom is -0.497 e. The number of amides is 2. The molecule has 2 atom stereocenters. The molecule has 0 bridgehead atoms. The molecule has 41 heavy (non-hydrogen) atoms. The van der Waals surface area contributed by atoms with Crippen molar-refractivity contribution < 1.29 is 27.9 Å². The minimum atomic E-state index is -1.20. The highest BCUT2D eigenvalue weighted by Crippen LogP contribution is 2.24. The smallest absolute Gasteiger partial charge is 0.272 e. The van der Waals surface area contributed by atoms with Crippen LogP contribution >= 0.6 is 0 Å². The molecular formula is C31H35FN4O5. The third-order valence-electron chi connectivity index (χ3n) is 7.91. The molecule has 0 aliphatic carbocycles. The molecule has 2 saturated heterocycles. The number of ketones is 1. The summed E-state index contributed by atoms with van der Waals surface area (Å²) < 4.78 is 25.4. The van der Waals surface area contributed by atoms with Crippen molar-refractivity contribution >= 4 is 17.6 Å². The number of benzene rings is 1. The lowest BCUT2D eigenvalue weighted by atomic mass is 9.88. The highest BCUT2D eigenvalue weighted by atomic mass is 19.1. The van der Waals surface area contributed by atoms with Crippen molar-refractivity contribution in [2.24, 2.45) is 5.92 Å². The van der Waals surface area contributed by atoms with Crippen molar-refractivity contribution in [2.45, 2.75) is 44.9 Å². The van der Waals surface area contributed by atoms with E-state index in [9.17, 15) is 18.8 Å². The van der Waals surface area contributed by atoms with E-state index in [0.717, 1.165) is 11.3 Å². The van der Waals surface area contributed by atoms with Gasteiger partial charge in [0.15, 0.2) is 5.78 Å². The Morgan fingerprint density at radius 1 is 1.05 bits per heavy atom. The van der Waals surface area contributed by atoms with Crippen LogP contribution in [0.15, 0.2) is 59.3 Å². The maximum absolute atomic E-state index is 14.9. The molecule has 2 aliphatic rings. The molecule has 5 rings (SSSR count). The number of furan rings is 1. The number of Topliss-reactive ketones (excluding diaryl/α,β-unsaturated/α-hetero) is 1. The monoisotopic (exact) mass is 562 g/mol. The van der Waals surface area contributed by atoms with Gasteiger partial charge in [0, 0.05) is 56.0 Å². The Hall–Kier alpha value is -4.05. The molecule has 2 fully saturated rings. The Bertz CT molecular complexity index is 1370. The SMILES string of the molecule is COc1ccc(C(=O)C2CCN(C(=O)c3ccc(C(=O)NC4CCN(Cc5coc(C)c5)CC4F)cn3)CC2)cc1. The number of carbonyl (C=O) groups excluding carboxylic acids is 3. The molecule has 9 nitrogen and oxygen atoms in total. The molecule has 4 heterocycles. The van der Waals surface area contributed by atoms with Crippen LogP contribution in [0.25, 0.3) is 0 Å². The second-order valence-corrected chi connectivity index (χ2v) is 10.8. The lowest BCUT2D eigenvalue weighted by Gasteiger charge is -2.34. The number of nitrogens with one attached hydrogen (secondary N) is 1. The highest BCUT2D eigenvalue weighted by Gasteiger charge is 2.32. The van der Waals surface area contributed by atoms with E-state index in [1.165, 1.54) is 12.3 Å². The van der Waals surface area contributed by atoms with E-state index in [4.69, 9.17) is 9.15 Å². The zero-order valence-electron chi connectivity index (χ0n) is 23.3. The fourth-order valence-corrected chi connectivity index (χ4v) is 5.52. The lowest BCUT2D eigenvalue weighted by molar-refractivity contribution is 0.0645. The average Bonchev–Trinajstić information content (AvgIpc) is 3.42. The van der Waals surface area contributed by atoms with Crippen LogP contribution < -0.4 is 10.1 Å². The third kappa shape index (κ3) is 6.82. The standard InChI is InChI=1S/C31H35FN4O5/c1-20-15-21(19-41-20)17-35-12-11-27(26(32)18-35)34-30(38)24-5-8-28(33-16-24)31(39)36-13-9-23(10-14-36)29(37)22-3-6-25(40-2)7-4-22/h3-8,15-16,19,23,26-27H,9-14,17-18H2,1-2H3,(H,34,38). The molecule has 1 aromatic carbocycles. The van der Waals surface area contributed by atoms with Crippen molar-refractivity contribution in [3.8, 4) is 5.75 Å². The van der Waals surface area contributed by atoms with Gasteiger partial charge >= 0.3 is 0 Å². The van der Waals surface area contributed by atoms with Gasteiger partial charge in [-0.15, -0.1) is 0 Å². The number of carbonyl (C=O) groups is 3. The van der Waals surface area contributed by atoms with Crippen LogP contribution in [0.2, 0.25) is 0 Å². The summed E-state index contributed by atoms with van der Waals surface area (Å²) in [5.74, 6) is 0.788. The van der Waals surface area contributed by atoms with E-state index in [1.807, 2.05) is 17.9 Å². The molecule has 3 aromatic rings. The number of hydrogen-bond donors (Lipinski definition) is 1. The Kier molecular flexibility index (Phi) is 8.78. The number of pyridine rings is 1. The Labute approximate surface area is 238 Å². The normalized spacial score (nSPS) is 20.0. The van der Waals surface area contributed by atoms with E-state index >= 15 is 0 Å². The predicted octanol–water partition coefficient (Wildman–Crippen LogP) is 4.07. The first kappa shape index (κ1) is 28.5. The summed E-state index contributed by atoms with van der Waals surface area (Å²) in [5, 5.41) is 2.79. The van der Waals surface area contributed by atoms with Gasteiger partial charge in [-0.3, -0.25) is 24.3 Å². The predicted molar refractivity (Wildman–Crippen MR) is 150 cm³/mol. The molecule has 0 spiro atoms. The number of ether oxygens (including phenoxy) is 1. The quantitative estimate of drug-likeness (QED) is 0.413. The summed E-state index contributed by atoms with van der Waals surface area (Å²) in [6.07, 6.45) is 3.47. The first-order chi connectivity index (χ1) is 19.8. The van der Waals surface area contributed by atoms with Crippen LogP contribution in [-0.2, 0) is 6.54 Å². The number of aromatic nitrogens is 1. The number of likely N-dealkylation sites (tertiary alicyclic amines) is 2. The van der Waals surface area contributed by atoms with Crippen molar-refractivity contribution in [2.75, 3.05) is 33.3 Å². The number of aryl methyl sites for hydroxylation is 1. The van der Waals surface area contributed by atoms with E-state index in [2.05, 4.69) is 10.3 Å². The summed E-state index contributed by atoms with van der Waals surface area (Å²) in [5.41, 5.74) is 2.14. The molecule has 2 unspecified atom stereocenters. The number of hydrogen-bond acceptors (Lipinski definition) is 7. The average molecular weight is 563 g/mol. The van der Waals surface area contributed by atoms with Gasteiger partial charge in [0.05, 0.1) is 25.0 Å². The maximum Gasteiger partial charge on any atom is 0.272 e. The second-order valence-electron chi connectivity index (χ2n) is 10.8. The Balaban J connectivity index is 1.09. The second kappa shape index (κ2) is 12.6. The van der Waals surface area contributed by atoms with E-state index in [1.54, 1.807) is 48.6 Å². The number of rotatable bonds is 8. The van der Waals surface area contributed by atoms with Gasteiger partial charge in [-0.2, -0.15) is 0 Å². The van der Waals surface area contributed by atoms with E-state index in [-0.39, 0.29) is 35.4 Å². The molecule has 10 heteroatoms. The topological polar surface area (TPSA) is 105 Å². The van der Waals surface area contributed by atoms with E-state index < -0.39 is 18.1 Å². The van der Waals surface area contributed by atoms with Gasteiger partial charge < -0.3 is 19.4 Å².